The third-order valence-electron chi connectivity index (χ3n) is 5.86. The van der Waals surface area contributed by atoms with Crippen LogP contribution in [-0.2, 0) is 17.8 Å². The molecule has 3 N–H and O–H groups in total. The molecule has 0 aliphatic heterocycles. The van der Waals surface area contributed by atoms with E-state index in [4.69, 9.17) is 10.8 Å². The standard InChI is InChI=1S/C24H19F4N7O/c1-34-11-14-8-15(16(25)10-20(14)32-34)24(27,28)23(30)35-21(29)7-6-18(33-35)13-4-5-19(17(26)9-13)31-22(36)12-2-3-12/h4-12,29-30H,2-3H2,1H3,(H,31,36). The zero-order valence-electron chi connectivity index (χ0n) is 18.8. The van der Waals surface area contributed by atoms with Crippen LogP contribution < -0.4 is 10.8 Å². The molecule has 1 fully saturated rings. The molecule has 36 heavy (non-hydrogen) atoms. The Balaban J connectivity index is 1.48. The first-order chi connectivity index (χ1) is 17.0. The van der Waals surface area contributed by atoms with E-state index in [-0.39, 0.29) is 39.7 Å². The van der Waals surface area contributed by atoms with E-state index in [1.165, 1.54) is 29.1 Å². The van der Waals surface area contributed by atoms with Crippen molar-refractivity contribution in [2.75, 3.05) is 5.32 Å². The molecule has 1 amide bonds. The smallest absolute Gasteiger partial charge is 0.323 e. The number of amides is 1. The highest BCUT2D eigenvalue weighted by molar-refractivity contribution is 5.94. The third-order valence-corrected chi connectivity index (χ3v) is 5.86. The normalized spacial score (nSPS) is 13.7. The van der Waals surface area contributed by atoms with Crippen molar-refractivity contribution < 1.29 is 22.4 Å². The van der Waals surface area contributed by atoms with Crippen LogP contribution in [0.25, 0.3) is 22.2 Å². The lowest BCUT2D eigenvalue weighted by atomic mass is 10.0. The molecule has 2 heterocycles. The van der Waals surface area contributed by atoms with Crippen molar-refractivity contribution in [2.45, 2.75) is 18.8 Å². The highest BCUT2D eigenvalue weighted by Gasteiger charge is 2.42. The number of fused-ring (bicyclic) bond motifs is 1. The monoisotopic (exact) mass is 497 g/mol. The Morgan fingerprint density at radius 1 is 1.08 bits per heavy atom. The summed E-state index contributed by atoms with van der Waals surface area (Å²) in [5, 5.41) is 26.8. The van der Waals surface area contributed by atoms with E-state index in [1.54, 1.807) is 7.05 Å². The van der Waals surface area contributed by atoms with E-state index >= 15 is 8.78 Å². The molecule has 4 aromatic rings. The molecule has 0 saturated heterocycles. The van der Waals surface area contributed by atoms with E-state index < -0.39 is 34.4 Å². The van der Waals surface area contributed by atoms with Crippen molar-refractivity contribution in [1.82, 2.24) is 19.6 Å². The van der Waals surface area contributed by atoms with Crippen molar-refractivity contribution >= 4 is 28.3 Å². The highest BCUT2D eigenvalue weighted by atomic mass is 19.3. The lowest BCUT2D eigenvalue weighted by molar-refractivity contribution is -0.117. The van der Waals surface area contributed by atoms with Gasteiger partial charge in [-0.15, -0.1) is 0 Å². The maximum atomic E-state index is 15.3. The van der Waals surface area contributed by atoms with Crippen LogP contribution in [0.1, 0.15) is 18.4 Å². The highest BCUT2D eigenvalue weighted by Crippen LogP contribution is 2.34. The number of halogens is 4. The molecule has 0 unspecified atom stereocenters. The molecular formula is C24H19F4N7O. The maximum Gasteiger partial charge on any atom is 0.334 e. The van der Waals surface area contributed by atoms with Crippen molar-refractivity contribution in [3.05, 3.63) is 71.3 Å². The average molecular weight is 497 g/mol. The predicted octanol–water partition coefficient (Wildman–Crippen LogP) is 4.16. The summed E-state index contributed by atoms with van der Waals surface area (Å²) in [6, 6.07) is 8.01. The minimum atomic E-state index is -4.15. The number of benzene rings is 2. The molecule has 0 radical (unpaired) electrons. The molecule has 1 saturated carbocycles. The predicted molar refractivity (Wildman–Crippen MR) is 123 cm³/mol. The number of anilines is 1. The van der Waals surface area contributed by atoms with Gasteiger partial charge in [0.2, 0.25) is 5.91 Å². The second-order valence-corrected chi connectivity index (χ2v) is 8.59. The molecule has 0 bridgehead atoms. The molecule has 0 atom stereocenters. The molecule has 184 valence electrons. The molecule has 8 nitrogen and oxygen atoms in total. The Morgan fingerprint density at radius 2 is 1.83 bits per heavy atom. The van der Waals surface area contributed by atoms with Gasteiger partial charge in [-0.2, -0.15) is 23.7 Å². The van der Waals surface area contributed by atoms with E-state index in [0.29, 0.717) is 4.68 Å². The van der Waals surface area contributed by atoms with E-state index in [9.17, 15) is 13.6 Å². The summed E-state index contributed by atoms with van der Waals surface area (Å²) in [5.74, 6) is -8.01. The van der Waals surface area contributed by atoms with Gasteiger partial charge in [-0.1, -0.05) is 6.07 Å². The number of hydrogen-bond donors (Lipinski definition) is 3. The second-order valence-electron chi connectivity index (χ2n) is 8.59. The number of nitrogens with one attached hydrogen (secondary N) is 3. The number of carbonyl (C=O) groups is 1. The van der Waals surface area contributed by atoms with E-state index in [1.807, 2.05) is 0 Å². The van der Waals surface area contributed by atoms with Gasteiger partial charge in [0.25, 0.3) is 0 Å². The zero-order valence-corrected chi connectivity index (χ0v) is 18.8. The van der Waals surface area contributed by atoms with Gasteiger partial charge >= 0.3 is 5.92 Å². The number of rotatable bonds is 5. The summed E-state index contributed by atoms with van der Waals surface area (Å²) in [6.07, 6.45) is 2.95. The SMILES string of the molecule is Cn1cc2cc(C(F)(F)C(=N)n3nc(-c4ccc(NC(=O)C5CC5)c(F)c4)ccc3=N)c(F)cc2n1. The van der Waals surface area contributed by atoms with Gasteiger partial charge < -0.3 is 5.32 Å². The molecule has 2 aromatic carbocycles. The number of alkyl halides is 2. The van der Waals surface area contributed by atoms with Crippen LogP contribution in [-0.4, -0.2) is 31.3 Å². The topological polar surface area (TPSA) is 112 Å². The van der Waals surface area contributed by atoms with Gasteiger partial charge in [-0.25, -0.2) is 8.78 Å². The van der Waals surface area contributed by atoms with Crippen LogP contribution in [0.15, 0.2) is 48.7 Å². The molecular weight excluding hydrogens is 478 g/mol. The van der Waals surface area contributed by atoms with Gasteiger partial charge in [0.1, 0.15) is 17.1 Å². The number of aryl methyl sites for hydroxylation is 1. The molecule has 12 heteroatoms. The largest absolute Gasteiger partial charge is 0.334 e. The fourth-order valence-corrected chi connectivity index (χ4v) is 3.77. The van der Waals surface area contributed by atoms with Crippen LogP contribution in [0.2, 0.25) is 0 Å². The van der Waals surface area contributed by atoms with Gasteiger partial charge in [-0.05, 0) is 43.2 Å². The maximum absolute atomic E-state index is 15.3. The number of hydrogen-bond acceptors (Lipinski definition) is 5. The van der Waals surface area contributed by atoms with Crippen LogP contribution in [0.5, 0.6) is 0 Å². The molecule has 1 aliphatic rings. The first-order valence-electron chi connectivity index (χ1n) is 10.9. The lowest BCUT2D eigenvalue weighted by Gasteiger charge is -2.20. The zero-order chi connectivity index (χ0) is 25.8. The van der Waals surface area contributed by atoms with Crippen LogP contribution in [0, 0.1) is 28.4 Å². The summed E-state index contributed by atoms with van der Waals surface area (Å²) in [5.41, 5.74) is -1.30. The molecule has 2 aromatic heterocycles. The molecule has 0 spiro atoms. The van der Waals surface area contributed by atoms with Crippen molar-refractivity contribution in [1.29, 1.82) is 10.8 Å². The Kier molecular flexibility index (Phi) is 5.46. The quantitative estimate of drug-likeness (QED) is 0.219. The number of aromatic nitrogens is 4. The van der Waals surface area contributed by atoms with E-state index in [2.05, 4.69) is 15.5 Å². The van der Waals surface area contributed by atoms with Crippen LogP contribution >= 0.6 is 0 Å². The first kappa shape index (κ1) is 23.4. The number of nitrogens with zero attached hydrogens (tertiary/aromatic N) is 4. The van der Waals surface area contributed by atoms with Gasteiger partial charge in [0, 0.05) is 36.2 Å². The summed E-state index contributed by atoms with van der Waals surface area (Å²) in [4.78, 5) is 11.9. The van der Waals surface area contributed by atoms with Crippen molar-refractivity contribution in [2.24, 2.45) is 13.0 Å². The van der Waals surface area contributed by atoms with Crippen LogP contribution in [0.3, 0.4) is 0 Å². The summed E-state index contributed by atoms with van der Waals surface area (Å²) in [6.45, 7) is 0. The summed E-state index contributed by atoms with van der Waals surface area (Å²) < 4.78 is 61.6. The average Bonchev–Trinajstić information content (AvgIpc) is 3.61. The minimum absolute atomic E-state index is 0.00583. The summed E-state index contributed by atoms with van der Waals surface area (Å²) in [7, 11) is 1.56. The molecule has 1 aliphatic carbocycles. The summed E-state index contributed by atoms with van der Waals surface area (Å²) >= 11 is 0. The fraction of sp³-hybridized carbons (Fsp3) is 0.208. The number of carbonyl (C=O) groups excluding carboxylic acids is 1. The Morgan fingerprint density at radius 3 is 2.53 bits per heavy atom. The van der Waals surface area contributed by atoms with Crippen LogP contribution in [0.4, 0.5) is 23.2 Å². The Hall–Kier alpha value is -4.35. The second kappa shape index (κ2) is 8.40. The van der Waals surface area contributed by atoms with Crippen molar-refractivity contribution in [3.8, 4) is 11.3 Å². The Bertz CT molecular complexity index is 1600. The third kappa shape index (κ3) is 4.14. The van der Waals surface area contributed by atoms with Crippen molar-refractivity contribution in [3.63, 3.8) is 0 Å². The van der Waals surface area contributed by atoms with Gasteiger partial charge in [0.15, 0.2) is 5.84 Å². The first-order valence-corrected chi connectivity index (χ1v) is 10.9. The minimum Gasteiger partial charge on any atom is -0.323 e. The van der Waals surface area contributed by atoms with Gasteiger partial charge in [-0.3, -0.25) is 20.3 Å². The lowest BCUT2D eigenvalue weighted by Crippen LogP contribution is -2.40. The molecule has 5 rings (SSSR count). The Labute approximate surface area is 201 Å². The van der Waals surface area contributed by atoms with E-state index in [0.717, 1.165) is 37.1 Å². The van der Waals surface area contributed by atoms with Gasteiger partial charge in [0.05, 0.1) is 22.5 Å². The fourth-order valence-electron chi connectivity index (χ4n) is 3.77.